The minimum Gasteiger partial charge on any atom is -0.334 e. The van der Waals surface area contributed by atoms with Gasteiger partial charge in [0.05, 0.1) is 5.56 Å². The molecule has 0 saturated heterocycles. The fraction of sp³-hybridized carbons (Fsp3) is 0.588. The van der Waals surface area contributed by atoms with Crippen molar-refractivity contribution in [2.45, 2.75) is 44.8 Å². The van der Waals surface area contributed by atoms with Gasteiger partial charge in [-0.05, 0) is 36.5 Å². The van der Waals surface area contributed by atoms with Gasteiger partial charge in [0.15, 0.2) is 0 Å². The Balaban J connectivity index is 1.79. The van der Waals surface area contributed by atoms with Crippen molar-refractivity contribution in [3.8, 4) is 0 Å². The smallest absolute Gasteiger partial charge is 0.334 e. The molecule has 6 heteroatoms. The number of halogens is 3. The molecule has 1 aliphatic rings. The third-order valence-corrected chi connectivity index (χ3v) is 4.33. The Hall–Kier alpha value is -1.72. The van der Waals surface area contributed by atoms with Crippen molar-refractivity contribution in [1.29, 1.82) is 0 Å². The molecule has 1 N–H and O–H groups in total. The van der Waals surface area contributed by atoms with Gasteiger partial charge in [0.1, 0.15) is 0 Å². The highest BCUT2D eigenvalue weighted by Gasteiger charge is 2.29. The molecule has 1 fully saturated rings. The number of nitrogens with one attached hydrogen (secondary N) is 1. The molecule has 1 aliphatic carbocycles. The van der Waals surface area contributed by atoms with Crippen molar-refractivity contribution in [3.63, 3.8) is 0 Å². The zero-order chi connectivity index (χ0) is 16.9. The van der Waals surface area contributed by atoms with Crippen molar-refractivity contribution >= 4 is 6.03 Å². The number of hydrogen-bond acceptors (Lipinski definition) is 1. The average Bonchev–Trinajstić information content (AvgIpc) is 2.53. The van der Waals surface area contributed by atoms with Gasteiger partial charge in [-0.2, -0.15) is 13.2 Å². The van der Waals surface area contributed by atoms with E-state index in [9.17, 15) is 18.0 Å². The first-order valence-corrected chi connectivity index (χ1v) is 8.01. The average molecular weight is 328 g/mol. The van der Waals surface area contributed by atoms with Crippen molar-refractivity contribution in [3.05, 3.63) is 35.4 Å². The van der Waals surface area contributed by atoms with Crippen LogP contribution in [-0.4, -0.2) is 24.5 Å². The van der Waals surface area contributed by atoms with E-state index in [-0.39, 0.29) is 12.6 Å². The number of carbonyl (C=O) groups is 1. The second-order valence-corrected chi connectivity index (χ2v) is 6.24. The van der Waals surface area contributed by atoms with Crippen LogP contribution in [0.1, 0.15) is 43.2 Å². The third kappa shape index (κ3) is 5.44. The summed E-state index contributed by atoms with van der Waals surface area (Å²) in [6, 6.07) is 4.67. The summed E-state index contributed by atoms with van der Waals surface area (Å²) in [5, 5.41) is 2.75. The van der Waals surface area contributed by atoms with E-state index in [0.29, 0.717) is 11.5 Å². The number of amides is 2. The van der Waals surface area contributed by atoms with Crippen LogP contribution in [0.3, 0.4) is 0 Å². The molecule has 0 aliphatic heterocycles. The lowest BCUT2D eigenvalue weighted by molar-refractivity contribution is -0.137. The third-order valence-electron chi connectivity index (χ3n) is 4.33. The second-order valence-electron chi connectivity index (χ2n) is 6.24. The van der Waals surface area contributed by atoms with Crippen LogP contribution in [0.5, 0.6) is 0 Å². The maximum absolute atomic E-state index is 12.5. The number of alkyl halides is 3. The quantitative estimate of drug-likeness (QED) is 0.871. The van der Waals surface area contributed by atoms with Gasteiger partial charge in [-0.1, -0.05) is 31.4 Å². The largest absolute Gasteiger partial charge is 0.416 e. The van der Waals surface area contributed by atoms with Gasteiger partial charge in [0, 0.05) is 20.1 Å². The van der Waals surface area contributed by atoms with Crippen molar-refractivity contribution in [2.24, 2.45) is 5.92 Å². The predicted octanol–water partition coefficient (Wildman–Crippen LogP) is 4.43. The molecule has 128 valence electrons. The van der Waals surface area contributed by atoms with E-state index in [1.807, 2.05) is 0 Å². The Kier molecular flexibility index (Phi) is 5.91. The second kappa shape index (κ2) is 7.70. The molecule has 0 aromatic heterocycles. The summed E-state index contributed by atoms with van der Waals surface area (Å²) in [7, 11) is 1.76. The molecule has 0 bridgehead atoms. The van der Waals surface area contributed by atoms with Crippen LogP contribution < -0.4 is 5.32 Å². The summed E-state index contributed by atoms with van der Waals surface area (Å²) in [5.74, 6) is 0.561. The van der Waals surface area contributed by atoms with Crippen LogP contribution in [0, 0.1) is 5.92 Å². The molecule has 1 saturated carbocycles. The molecule has 0 radical (unpaired) electrons. The Bertz CT molecular complexity index is 508. The van der Waals surface area contributed by atoms with Crippen LogP contribution in [0.2, 0.25) is 0 Å². The maximum Gasteiger partial charge on any atom is 0.416 e. The molecule has 0 heterocycles. The van der Waals surface area contributed by atoms with Crippen molar-refractivity contribution < 1.29 is 18.0 Å². The lowest BCUT2D eigenvalue weighted by atomic mass is 9.89. The molecule has 1 aromatic carbocycles. The molecule has 1 aromatic rings. The lowest BCUT2D eigenvalue weighted by Gasteiger charge is -2.27. The molecule has 0 unspecified atom stereocenters. The van der Waals surface area contributed by atoms with Gasteiger partial charge in [-0.15, -0.1) is 0 Å². The Morgan fingerprint density at radius 2 is 1.78 bits per heavy atom. The SMILES string of the molecule is CN(CC1CCCCC1)C(=O)NCc1ccc(C(F)(F)F)cc1. The molecule has 0 spiro atoms. The zero-order valence-corrected chi connectivity index (χ0v) is 13.3. The predicted molar refractivity (Wildman–Crippen MR) is 82.9 cm³/mol. The summed E-state index contributed by atoms with van der Waals surface area (Å²) in [5.41, 5.74) is -0.0283. The van der Waals surface area contributed by atoms with E-state index in [1.165, 1.54) is 31.4 Å². The molecule has 3 nitrogen and oxygen atoms in total. The van der Waals surface area contributed by atoms with Crippen LogP contribution in [0.4, 0.5) is 18.0 Å². The topological polar surface area (TPSA) is 32.3 Å². The molecular weight excluding hydrogens is 305 g/mol. The van der Waals surface area contributed by atoms with Crippen molar-refractivity contribution in [2.75, 3.05) is 13.6 Å². The zero-order valence-electron chi connectivity index (χ0n) is 13.3. The standard InChI is InChI=1S/C17H23F3N2O/c1-22(12-14-5-3-2-4-6-14)16(23)21-11-13-7-9-15(10-8-13)17(18,19)20/h7-10,14H,2-6,11-12H2,1H3,(H,21,23). The fourth-order valence-electron chi connectivity index (χ4n) is 2.96. The van der Waals surface area contributed by atoms with E-state index in [1.54, 1.807) is 11.9 Å². The number of carbonyl (C=O) groups excluding carboxylic acids is 1. The van der Waals surface area contributed by atoms with Crippen LogP contribution in [0.15, 0.2) is 24.3 Å². The maximum atomic E-state index is 12.5. The highest BCUT2D eigenvalue weighted by molar-refractivity contribution is 5.73. The summed E-state index contributed by atoms with van der Waals surface area (Å²) in [6.45, 7) is 0.963. The van der Waals surface area contributed by atoms with Crippen LogP contribution in [-0.2, 0) is 12.7 Å². The number of urea groups is 1. The van der Waals surface area contributed by atoms with Gasteiger partial charge >= 0.3 is 12.2 Å². The monoisotopic (exact) mass is 328 g/mol. The van der Waals surface area contributed by atoms with Gasteiger partial charge in [0.25, 0.3) is 0 Å². The van der Waals surface area contributed by atoms with E-state index in [4.69, 9.17) is 0 Å². The number of benzene rings is 1. The highest BCUT2D eigenvalue weighted by Crippen LogP contribution is 2.29. The Labute approximate surface area is 134 Å². The molecule has 23 heavy (non-hydrogen) atoms. The molecule has 0 atom stereocenters. The first-order chi connectivity index (χ1) is 10.9. The van der Waals surface area contributed by atoms with Gasteiger partial charge in [-0.25, -0.2) is 4.79 Å². The fourth-order valence-corrected chi connectivity index (χ4v) is 2.96. The molecule has 2 rings (SSSR count). The van der Waals surface area contributed by atoms with E-state index in [2.05, 4.69) is 5.32 Å². The summed E-state index contributed by atoms with van der Waals surface area (Å²) in [4.78, 5) is 13.7. The minimum atomic E-state index is -4.33. The van der Waals surface area contributed by atoms with E-state index < -0.39 is 11.7 Å². The Morgan fingerprint density at radius 3 is 2.35 bits per heavy atom. The first kappa shape index (κ1) is 17.6. The lowest BCUT2D eigenvalue weighted by Crippen LogP contribution is -2.39. The minimum absolute atomic E-state index is 0.185. The molecule has 2 amide bonds. The number of hydrogen-bond donors (Lipinski definition) is 1. The van der Waals surface area contributed by atoms with Gasteiger partial charge in [-0.3, -0.25) is 0 Å². The summed E-state index contributed by atoms with van der Waals surface area (Å²) >= 11 is 0. The molecular formula is C17H23F3N2O. The van der Waals surface area contributed by atoms with E-state index >= 15 is 0 Å². The number of rotatable bonds is 4. The van der Waals surface area contributed by atoms with Crippen molar-refractivity contribution in [1.82, 2.24) is 10.2 Å². The van der Waals surface area contributed by atoms with E-state index in [0.717, 1.165) is 31.5 Å². The highest BCUT2D eigenvalue weighted by atomic mass is 19.4. The van der Waals surface area contributed by atoms with Crippen LogP contribution >= 0.6 is 0 Å². The summed E-state index contributed by atoms with van der Waals surface area (Å²) < 4.78 is 37.5. The first-order valence-electron chi connectivity index (χ1n) is 8.01. The normalized spacial score (nSPS) is 16.2. The number of nitrogens with zero attached hydrogens (tertiary/aromatic N) is 1. The summed E-state index contributed by atoms with van der Waals surface area (Å²) in [6.07, 6.45) is 1.73. The van der Waals surface area contributed by atoms with Gasteiger partial charge in [0.2, 0.25) is 0 Å². The Morgan fingerprint density at radius 1 is 1.17 bits per heavy atom. The van der Waals surface area contributed by atoms with Crippen LogP contribution in [0.25, 0.3) is 0 Å². The van der Waals surface area contributed by atoms with Gasteiger partial charge < -0.3 is 10.2 Å².